The van der Waals surface area contributed by atoms with Crippen molar-refractivity contribution in [2.24, 2.45) is 7.05 Å². The maximum absolute atomic E-state index is 12.7. The first kappa shape index (κ1) is 20.4. The zero-order valence-electron chi connectivity index (χ0n) is 16.6. The molecule has 0 bridgehead atoms. The molecule has 3 rings (SSSR count). The number of rotatable bonds is 5. The van der Waals surface area contributed by atoms with Gasteiger partial charge in [0.15, 0.2) is 5.69 Å². The van der Waals surface area contributed by atoms with Crippen molar-refractivity contribution in [3.63, 3.8) is 0 Å². The first-order chi connectivity index (χ1) is 13.8. The summed E-state index contributed by atoms with van der Waals surface area (Å²) in [4.78, 5) is 43.0. The number of carbonyl (C=O) groups excluding carboxylic acids is 2. The molecule has 154 valence electrons. The van der Waals surface area contributed by atoms with Crippen molar-refractivity contribution >= 4 is 11.8 Å². The van der Waals surface area contributed by atoms with Crippen LogP contribution in [0.15, 0.2) is 29.1 Å². The van der Waals surface area contributed by atoms with Gasteiger partial charge in [-0.15, -0.1) is 0 Å². The molecule has 2 N–H and O–H groups in total. The Morgan fingerprint density at radius 2 is 2.07 bits per heavy atom. The zero-order chi connectivity index (χ0) is 21.1. The van der Waals surface area contributed by atoms with Gasteiger partial charge in [-0.25, -0.2) is 4.98 Å². The Morgan fingerprint density at radius 3 is 2.76 bits per heavy atom. The second-order valence-corrected chi connectivity index (χ2v) is 6.90. The number of amides is 2. The van der Waals surface area contributed by atoms with Crippen molar-refractivity contribution in [2.45, 2.75) is 32.4 Å². The van der Waals surface area contributed by atoms with Crippen LogP contribution in [0.5, 0.6) is 11.5 Å². The lowest BCUT2D eigenvalue weighted by atomic mass is 10.1. The lowest BCUT2D eigenvalue weighted by molar-refractivity contribution is -0.129. The Labute approximate surface area is 167 Å². The van der Waals surface area contributed by atoms with Crippen LogP contribution < -0.4 is 15.6 Å². The van der Waals surface area contributed by atoms with E-state index in [1.807, 2.05) is 12.1 Å². The summed E-state index contributed by atoms with van der Waals surface area (Å²) in [5.74, 6) is -0.640. The first-order valence-electron chi connectivity index (χ1n) is 9.32. The van der Waals surface area contributed by atoms with E-state index in [1.165, 1.54) is 25.6 Å². The summed E-state index contributed by atoms with van der Waals surface area (Å²) in [5, 5.41) is 12.9. The Kier molecular flexibility index (Phi) is 5.86. The van der Waals surface area contributed by atoms with Gasteiger partial charge in [-0.1, -0.05) is 18.2 Å². The average molecular weight is 400 g/mol. The molecular formula is C20H24N4O5. The highest BCUT2D eigenvalue weighted by molar-refractivity contribution is 5.94. The van der Waals surface area contributed by atoms with Gasteiger partial charge in [0.1, 0.15) is 11.6 Å². The molecule has 2 aromatic rings. The lowest BCUT2D eigenvalue weighted by Gasteiger charge is -2.24. The van der Waals surface area contributed by atoms with Crippen molar-refractivity contribution in [1.29, 1.82) is 0 Å². The zero-order valence-corrected chi connectivity index (χ0v) is 16.6. The van der Waals surface area contributed by atoms with E-state index in [0.29, 0.717) is 18.7 Å². The van der Waals surface area contributed by atoms with Crippen molar-refractivity contribution in [3.8, 4) is 11.5 Å². The number of nitrogens with zero attached hydrogens (tertiary/aromatic N) is 3. The summed E-state index contributed by atoms with van der Waals surface area (Å²) in [6, 6.07) is 6.78. The van der Waals surface area contributed by atoms with Crippen LogP contribution in [0.2, 0.25) is 0 Å². The monoisotopic (exact) mass is 400 g/mol. The number of hydrogen-bond donors (Lipinski definition) is 2. The molecule has 0 aliphatic carbocycles. The predicted octanol–water partition coefficient (Wildman–Crippen LogP) is 1.11. The normalized spacial score (nSPS) is 16.0. The molecule has 0 saturated carbocycles. The molecule has 1 saturated heterocycles. The fourth-order valence-corrected chi connectivity index (χ4v) is 3.58. The molecule has 0 spiro atoms. The van der Waals surface area contributed by atoms with E-state index >= 15 is 0 Å². The van der Waals surface area contributed by atoms with Crippen LogP contribution in [-0.2, 0) is 18.4 Å². The number of aromatic nitrogens is 2. The molecule has 1 fully saturated rings. The molecule has 1 atom stereocenters. The molecule has 1 aliphatic rings. The number of methoxy groups -OCH3 is 1. The molecule has 1 unspecified atom stereocenters. The molecule has 1 aliphatic heterocycles. The SMILES string of the molecule is COc1ccccc1CNC(=O)c1nc(C2CCCN2C(C)=O)n(C)c(=O)c1O. The van der Waals surface area contributed by atoms with Crippen LogP contribution in [0, 0.1) is 0 Å². The highest BCUT2D eigenvalue weighted by atomic mass is 16.5. The second-order valence-electron chi connectivity index (χ2n) is 6.90. The number of carbonyl (C=O) groups is 2. The summed E-state index contributed by atoms with van der Waals surface area (Å²) in [5.41, 5.74) is -0.341. The van der Waals surface area contributed by atoms with Crippen molar-refractivity contribution in [1.82, 2.24) is 19.8 Å². The molecule has 9 nitrogen and oxygen atoms in total. The van der Waals surface area contributed by atoms with Gasteiger partial charge in [-0.2, -0.15) is 0 Å². The number of ether oxygens (including phenoxy) is 1. The van der Waals surface area contributed by atoms with E-state index < -0.39 is 23.3 Å². The van der Waals surface area contributed by atoms with E-state index in [1.54, 1.807) is 17.0 Å². The number of aromatic hydroxyl groups is 1. The van der Waals surface area contributed by atoms with Crippen LogP contribution in [0.3, 0.4) is 0 Å². The molecule has 2 amide bonds. The molecule has 29 heavy (non-hydrogen) atoms. The van der Waals surface area contributed by atoms with E-state index in [0.717, 1.165) is 12.0 Å². The minimum absolute atomic E-state index is 0.128. The van der Waals surface area contributed by atoms with E-state index in [9.17, 15) is 19.5 Å². The second kappa shape index (κ2) is 8.34. The number of hydrogen-bond acceptors (Lipinski definition) is 6. The summed E-state index contributed by atoms with van der Waals surface area (Å²) in [7, 11) is 3.00. The lowest BCUT2D eigenvalue weighted by Crippen LogP contribution is -2.35. The molecular weight excluding hydrogens is 376 g/mol. The van der Waals surface area contributed by atoms with Gasteiger partial charge in [0, 0.05) is 32.6 Å². The summed E-state index contributed by atoms with van der Waals surface area (Å²) in [6.45, 7) is 2.15. The maximum Gasteiger partial charge on any atom is 0.296 e. The van der Waals surface area contributed by atoms with Gasteiger partial charge in [0.2, 0.25) is 11.7 Å². The third kappa shape index (κ3) is 3.94. The quantitative estimate of drug-likeness (QED) is 0.777. The highest BCUT2D eigenvalue weighted by Crippen LogP contribution is 2.31. The molecule has 9 heteroatoms. The number of nitrogens with one attached hydrogen (secondary N) is 1. The number of para-hydroxylation sites is 1. The minimum Gasteiger partial charge on any atom is -0.501 e. The summed E-state index contributed by atoms with van der Waals surface area (Å²) in [6.07, 6.45) is 1.41. The van der Waals surface area contributed by atoms with Crippen molar-refractivity contribution in [3.05, 3.63) is 51.7 Å². The fourth-order valence-electron chi connectivity index (χ4n) is 3.58. The highest BCUT2D eigenvalue weighted by Gasteiger charge is 2.33. The Hall–Kier alpha value is -3.36. The van der Waals surface area contributed by atoms with Crippen LogP contribution in [0.25, 0.3) is 0 Å². The topological polar surface area (TPSA) is 114 Å². The molecule has 1 aromatic carbocycles. The third-order valence-corrected chi connectivity index (χ3v) is 5.10. The molecule has 2 heterocycles. The van der Waals surface area contributed by atoms with Gasteiger partial charge >= 0.3 is 0 Å². The van der Waals surface area contributed by atoms with Crippen LogP contribution in [-0.4, -0.2) is 45.0 Å². The van der Waals surface area contributed by atoms with Crippen LogP contribution in [0.4, 0.5) is 0 Å². The first-order valence-corrected chi connectivity index (χ1v) is 9.32. The van der Waals surface area contributed by atoms with E-state index in [4.69, 9.17) is 4.74 Å². The van der Waals surface area contributed by atoms with Crippen molar-refractivity contribution in [2.75, 3.05) is 13.7 Å². The average Bonchev–Trinajstić information content (AvgIpc) is 3.20. The Morgan fingerprint density at radius 1 is 1.34 bits per heavy atom. The van der Waals surface area contributed by atoms with Gasteiger partial charge in [-0.05, 0) is 18.9 Å². The largest absolute Gasteiger partial charge is 0.501 e. The number of likely N-dealkylation sites (tertiary alicyclic amines) is 1. The van der Waals surface area contributed by atoms with Gasteiger partial charge in [0.05, 0.1) is 13.2 Å². The van der Waals surface area contributed by atoms with E-state index in [-0.39, 0.29) is 24.0 Å². The van der Waals surface area contributed by atoms with Crippen LogP contribution in [0.1, 0.15) is 47.7 Å². The Balaban J connectivity index is 1.91. The standard InChI is InChI=1S/C20H24N4O5/c1-12(25)24-10-6-8-14(24)18-22-16(17(26)20(28)23(18)2)19(27)21-11-13-7-4-5-9-15(13)29-3/h4-5,7,9,14,26H,6,8,10-11H2,1-3H3,(H,21,27). The van der Waals surface area contributed by atoms with Gasteiger partial charge in [0.25, 0.3) is 11.5 Å². The van der Waals surface area contributed by atoms with Gasteiger partial charge < -0.3 is 20.1 Å². The number of benzene rings is 1. The molecule has 0 radical (unpaired) electrons. The summed E-state index contributed by atoms with van der Waals surface area (Å²) >= 11 is 0. The van der Waals surface area contributed by atoms with Crippen molar-refractivity contribution < 1.29 is 19.4 Å². The smallest absolute Gasteiger partial charge is 0.296 e. The van der Waals surface area contributed by atoms with E-state index in [2.05, 4.69) is 10.3 Å². The maximum atomic E-state index is 12.7. The Bertz CT molecular complexity index is 1000. The minimum atomic E-state index is -0.729. The molecule has 1 aromatic heterocycles. The van der Waals surface area contributed by atoms with Gasteiger partial charge in [-0.3, -0.25) is 19.0 Å². The predicted molar refractivity (Wildman–Crippen MR) is 105 cm³/mol. The third-order valence-electron chi connectivity index (χ3n) is 5.10. The van der Waals surface area contributed by atoms with Crippen LogP contribution >= 0.6 is 0 Å². The summed E-state index contributed by atoms with van der Waals surface area (Å²) < 4.78 is 6.45. The fraction of sp³-hybridized carbons (Fsp3) is 0.400.